The molecule has 0 fully saturated rings. The van der Waals surface area contributed by atoms with E-state index in [4.69, 9.17) is 4.74 Å². The second-order valence-electron chi connectivity index (χ2n) is 12.8. The van der Waals surface area contributed by atoms with Gasteiger partial charge in [0, 0.05) is 6.42 Å². The normalized spacial score (nSPS) is 11.2. The van der Waals surface area contributed by atoms with E-state index in [2.05, 4.69) is 6.92 Å². The third kappa shape index (κ3) is 28.6. The largest absolute Gasteiger partial charge is 0.427 e. The van der Waals surface area contributed by atoms with Crippen molar-refractivity contribution < 1.29 is 9.53 Å². The zero-order valence-electron chi connectivity index (χ0n) is 27.6. The molecule has 2 nitrogen and oxygen atoms in total. The van der Waals surface area contributed by atoms with Gasteiger partial charge in [0.25, 0.3) is 0 Å². The van der Waals surface area contributed by atoms with Crippen LogP contribution in [0.15, 0.2) is 30.3 Å². The molecule has 0 saturated heterocycles. The average molecular weight is 571 g/mol. The maximum atomic E-state index is 11.8. The Kier molecular flexibility index (Phi) is 29.1. The molecule has 0 aliphatic rings. The molecular weight excluding hydrogens is 500 g/mol. The highest BCUT2D eigenvalue weighted by Gasteiger charge is 2.04. The molecule has 0 N–H and O–H groups in total. The van der Waals surface area contributed by atoms with Gasteiger partial charge in [-0.15, -0.1) is 0 Å². The maximum Gasteiger partial charge on any atom is 0.311 e. The van der Waals surface area contributed by atoms with Gasteiger partial charge in [-0.25, -0.2) is 0 Å². The van der Waals surface area contributed by atoms with Crippen LogP contribution in [0, 0.1) is 0 Å². The standard InChI is InChI=1S/C39H70O2/c1-2-3-4-5-6-7-8-9-10-11-12-13-14-15-16-17-18-19-20-21-22-23-24-25-26-27-28-29-30-34-37-39(40)41-38-35-32-31-33-36-38/h31-33,35-36H,2-30,34,37H2,1H3. The number of carbonyl (C=O) groups excluding carboxylic acids is 1. The first-order valence-electron chi connectivity index (χ1n) is 18.6. The molecule has 0 saturated carbocycles. The monoisotopic (exact) mass is 571 g/mol. The Balaban J connectivity index is 1.65. The maximum absolute atomic E-state index is 11.8. The molecule has 1 rings (SSSR count). The fourth-order valence-corrected chi connectivity index (χ4v) is 5.96. The van der Waals surface area contributed by atoms with E-state index in [-0.39, 0.29) is 5.97 Å². The van der Waals surface area contributed by atoms with Crippen molar-refractivity contribution in [1.82, 2.24) is 0 Å². The van der Waals surface area contributed by atoms with Gasteiger partial charge >= 0.3 is 5.97 Å². The van der Waals surface area contributed by atoms with Crippen molar-refractivity contribution in [2.75, 3.05) is 0 Å². The summed E-state index contributed by atoms with van der Waals surface area (Å²) in [6.07, 6.45) is 42.9. The molecule has 238 valence electrons. The molecular formula is C39H70O2. The summed E-state index contributed by atoms with van der Waals surface area (Å²) in [7, 11) is 0. The topological polar surface area (TPSA) is 26.3 Å². The number of rotatable bonds is 32. The van der Waals surface area contributed by atoms with Crippen LogP contribution in [-0.2, 0) is 4.79 Å². The highest BCUT2D eigenvalue weighted by atomic mass is 16.5. The molecule has 0 spiro atoms. The van der Waals surface area contributed by atoms with Crippen LogP contribution in [0.25, 0.3) is 0 Å². The van der Waals surface area contributed by atoms with Crippen LogP contribution in [0.5, 0.6) is 5.75 Å². The van der Waals surface area contributed by atoms with Crippen LogP contribution in [0.4, 0.5) is 0 Å². The van der Waals surface area contributed by atoms with Crippen molar-refractivity contribution in [3.63, 3.8) is 0 Å². The molecule has 0 aromatic heterocycles. The van der Waals surface area contributed by atoms with E-state index in [1.807, 2.05) is 30.3 Å². The summed E-state index contributed by atoms with van der Waals surface area (Å²) < 4.78 is 5.34. The summed E-state index contributed by atoms with van der Waals surface area (Å²) in [6.45, 7) is 2.30. The van der Waals surface area contributed by atoms with Crippen LogP contribution in [-0.4, -0.2) is 5.97 Å². The number of carbonyl (C=O) groups is 1. The second-order valence-corrected chi connectivity index (χ2v) is 12.8. The van der Waals surface area contributed by atoms with E-state index in [1.165, 1.54) is 180 Å². The van der Waals surface area contributed by atoms with E-state index in [0.717, 1.165) is 12.8 Å². The predicted molar refractivity (Wildman–Crippen MR) is 181 cm³/mol. The predicted octanol–water partition coefficient (Wildman–Crippen LogP) is 13.7. The lowest BCUT2D eigenvalue weighted by Gasteiger charge is -2.05. The summed E-state index contributed by atoms with van der Waals surface area (Å²) in [4.78, 5) is 11.8. The number of ether oxygens (including phenoxy) is 1. The molecule has 41 heavy (non-hydrogen) atoms. The molecule has 1 aromatic carbocycles. The van der Waals surface area contributed by atoms with Gasteiger partial charge in [-0.05, 0) is 18.6 Å². The highest BCUT2D eigenvalue weighted by molar-refractivity contribution is 5.72. The molecule has 0 aliphatic carbocycles. The van der Waals surface area contributed by atoms with Gasteiger partial charge in [-0.1, -0.05) is 211 Å². The lowest BCUT2D eigenvalue weighted by atomic mass is 10.0. The van der Waals surface area contributed by atoms with Crippen molar-refractivity contribution in [1.29, 1.82) is 0 Å². The van der Waals surface area contributed by atoms with Crippen molar-refractivity contribution >= 4 is 5.97 Å². The Morgan fingerprint density at radius 1 is 0.415 bits per heavy atom. The van der Waals surface area contributed by atoms with Gasteiger partial charge in [0.15, 0.2) is 0 Å². The minimum Gasteiger partial charge on any atom is -0.427 e. The van der Waals surface area contributed by atoms with Crippen molar-refractivity contribution in [2.45, 2.75) is 206 Å². The van der Waals surface area contributed by atoms with E-state index in [9.17, 15) is 4.79 Å². The van der Waals surface area contributed by atoms with Crippen LogP contribution < -0.4 is 4.74 Å². The summed E-state index contributed by atoms with van der Waals surface area (Å²) >= 11 is 0. The molecule has 0 atom stereocenters. The smallest absolute Gasteiger partial charge is 0.311 e. The number of hydrogen-bond acceptors (Lipinski definition) is 2. The molecule has 0 unspecified atom stereocenters. The van der Waals surface area contributed by atoms with Gasteiger partial charge in [0.1, 0.15) is 5.75 Å². The van der Waals surface area contributed by atoms with Crippen LogP contribution in [0.2, 0.25) is 0 Å². The van der Waals surface area contributed by atoms with Gasteiger partial charge in [0.2, 0.25) is 0 Å². The van der Waals surface area contributed by atoms with Gasteiger partial charge in [-0.2, -0.15) is 0 Å². The summed E-state index contributed by atoms with van der Waals surface area (Å²) in [5.41, 5.74) is 0. The lowest BCUT2D eigenvalue weighted by Crippen LogP contribution is -2.07. The van der Waals surface area contributed by atoms with Crippen LogP contribution in [0.1, 0.15) is 206 Å². The fraction of sp³-hybridized carbons (Fsp3) is 0.821. The van der Waals surface area contributed by atoms with Gasteiger partial charge in [0.05, 0.1) is 0 Å². The van der Waals surface area contributed by atoms with E-state index < -0.39 is 0 Å². The first-order chi connectivity index (χ1) is 20.3. The molecule has 0 heterocycles. The summed E-state index contributed by atoms with van der Waals surface area (Å²) in [6, 6.07) is 9.39. The van der Waals surface area contributed by atoms with Crippen LogP contribution in [0.3, 0.4) is 0 Å². The quantitative estimate of drug-likeness (QED) is 0.0489. The average Bonchev–Trinajstić information content (AvgIpc) is 2.98. The molecule has 0 bridgehead atoms. The van der Waals surface area contributed by atoms with Gasteiger partial charge < -0.3 is 4.74 Å². The minimum atomic E-state index is -0.101. The molecule has 0 radical (unpaired) electrons. The Morgan fingerprint density at radius 2 is 0.683 bits per heavy atom. The van der Waals surface area contributed by atoms with Gasteiger partial charge in [-0.3, -0.25) is 4.79 Å². The van der Waals surface area contributed by atoms with Crippen molar-refractivity contribution in [3.05, 3.63) is 30.3 Å². The Bertz CT molecular complexity index is 640. The zero-order valence-corrected chi connectivity index (χ0v) is 27.6. The van der Waals surface area contributed by atoms with Crippen LogP contribution >= 0.6 is 0 Å². The SMILES string of the molecule is CCCCCCCCCCCCCCCCCCCCCCCCCCCCCCCCC(=O)Oc1ccccc1. The summed E-state index contributed by atoms with van der Waals surface area (Å²) in [5, 5.41) is 0. The number of unbranched alkanes of at least 4 members (excludes halogenated alkanes) is 29. The lowest BCUT2D eigenvalue weighted by molar-refractivity contribution is -0.134. The third-order valence-corrected chi connectivity index (χ3v) is 8.71. The number of para-hydroxylation sites is 1. The molecule has 1 aromatic rings. The molecule has 2 heteroatoms. The highest BCUT2D eigenvalue weighted by Crippen LogP contribution is 2.17. The first-order valence-corrected chi connectivity index (χ1v) is 18.6. The molecule has 0 aliphatic heterocycles. The number of benzene rings is 1. The van der Waals surface area contributed by atoms with E-state index in [0.29, 0.717) is 12.2 Å². The van der Waals surface area contributed by atoms with Crippen molar-refractivity contribution in [3.8, 4) is 5.75 Å². The minimum absolute atomic E-state index is 0.101. The summed E-state index contributed by atoms with van der Waals surface area (Å²) in [5.74, 6) is 0.555. The number of hydrogen-bond donors (Lipinski definition) is 0. The second kappa shape index (κ2) is 31.6. The Morgan fingerprint density at radius 3 is 0.976 bits per heavy atom. The Labute approximate surface area is 257 Å². The van der Waals surface area contributed by atoms with E-state index >= 15 is 0 Å². The first kappa shape index (κ1) is 37.7. The van der Waals surface area contributed by atoms with E-state index in [1.54, 1.807) is 0 Å². The Hall–Kier alpha value is -1.31. The molecule has 0 amide bonds. The van der Waals surface area contributed by atoms with Crippen molar-refractivity contribution in [2.24, 2.45) is 0 Å². The third-order valence-electron chi connectivity index (χ3n) is 8.71. The number of esters is 1. The fourth-order valence-electron chi connectivity index (χ4n) is 5.96. The zero-order chi connectivity index (χ0) is 29.3.